The first-order valence-electron chi connectivity index (χ1n) is 15.6. The third kappa shape index (κ3) is 8.60. The fourth-order valence-electron chi connectivity index (χ4n) is 4.90. The highest BCUT2D eigenvalue weighted by atomic mass is 32.2. The molecule has 248 valence electrons. The molecule has 0 radical (unpaired) electrons. The molecule has 0 saturated carbocycles. The Morgan fingerprint density at radius 1 is 0.896 bits per heavy atom. The van der Waals surface area contributed by atoms with E-state index in [9.17, 15) is 9.59 Å². The third-order valence-electron chi connectivity index (χ3n) is 7.29. The molecular formula is C37H40N6O4S. The number of nitrogens with one attached hydrogen (secondary N) is 3. The molecule has 2 heterocycles. The van der Waals surface area contributed by atoms with Crippen molar-refractivity contribution >= 4 is 52.0 Å². The molecule has 2 amide bonds. The van der Waals surface area contributed by atoms with E-state index in [0.717, 1.165) is 26.4 Å². The maximum Gasteiger partial charge on any atom is 0.412 e. The number of hydrogen-bond acceptors (Lipinski definition) is 9. The molecule has 0 aliphatic rings. The van der Waals surface area contributed by atoms with Crippen molar-refractivity contribution in [2.75, 3.05) is 17.7 Å². The van der Waals surface area contributed by atoms with Gasteiger partial charge in [0.1, 0.15) is 23.5 Å². The molecule has 0 aliphatic carbocycles. The first kappa shape index (κ1) is 34.2. The number of benzene rings is 3. The van der Waals surface area contributed by atoms with Crippen molar-refractivity contribution in [2.45, 2.75) is 68.9 Å². The van der Waals surface area contributed by atoms with E-state index in [1.807, 2.05) is 100 Å². The van der Waals surface area contributed by atoms with Crippen LogP contribution in [0.2, 0.25) is 0 Å². The maximum absolute atomic E-state index is 13.6. The molecule has 1 unspecified atom stereocenters. The number of pyridine rings is 1. The molecule has 1 atom stereocenters. The molecule has 0 aliphatic heterocycles. The number of carbonyl (C=O) groups excluding carboxylic acids is 2. The maximum atomic E-state index is 13.6. The monoisotopic (exact) mass is 664 g/mol. The summed E-state index contributed by atoms with van der Waals surface area (Å²) in [6.45, 7) is 11.5. The van der Waals surface area contributed by atoms with Gasteiger partial charge in [0.2, 0.25) is 0 Å². The summed E-state index contributed by atoms with van der Waals surface area (Å²) in [6, 6.07) is 24.2. The minimum Gasteiger partial charge on any atom is -0.496 e. The molecule has 0 fully saturated rings. The zero-order chi connectivity index (χ0) is 34.4. The van der Waals surface area contributed by atoms with Gasteiger partial charge in [-0.25, -0.2) is 19.7 Å². The van der Waals surface area contributed by atoms with Gasteiger partial charge < -0.3 is 20.1 Å². The smallest absolute Gasteiger partial charge is 0.412 e. The average molecular weight is 665 g/mol. The molecule has 5 rings (SSSR count). The zero-order valence-corrected chi connectivity index (χ0v) is 28.9. The highest BCUT2D eigenvalue weighted by Crippen LogP contribution is 2.37. The van der Waals surface area contributed by atoms with Crippen molar-refractivity contribution in [3.8, 4) is 5.75 Å². The highest BCUT2D eigenvalue weighted by molar-refractivity contribution is 7.99. The number of amides is 2. The van der Waals surface area contributed by atoms with Crippen LogP contribution in [0.5, 0.6) is 5.75 Å². The molecule has 10 nitrogen and oxygen atoms in total. The van der Waals surface area contributed by atoms with Crippen LogP contribution in [0.4, 0.5) is 22.0 Å². The van der Waals surface area contributed by atoms with Crippen molar-refractivity contribution in [2.24, 2.45) is 0 Å². The van der Waals surface area contributed by atoms with Crippen LogP contribution in [-0.4, -0.2) is 39.7 Å². The van der Waals surface area contributed by atoms with Gasteiger partial charge in [0.05, 0.1) is 24.2 Å². The lowest BCUT2D eigenvalue weighted by molar-refractivity contribution is 0.0635. The topological polar surface area (TPSA) is 127 Å². The van der Waals surface area contributed by atoms with Crippen molar-refractivity contribution < 1.29 is 19.1 Å². The van der Waals surface area contributed by atoms with Gasteiger partial charge in [0.15, 0.2) is 5.65 Å². The summed E-state index contributed by atoms with van der Waals surface area (Å²) in [5.41, 5.74) is 3.57. The van der Waals surface area contributed by atoms with Crippen LogP contribution in [0.1, 0.15) is 75.1 Å². The summed E-state index contributed by atoms with van der Waals surface area (Å²) in [7, 11) is 1.61. The highest BCUT2D eigenvalue weighted by Gasteiger charge is 2.19. The quantitative estimate of drug-likeness (QED) is 0.134. The van der Waals surface area contributed by atoms with E-state index in [1.54, 1.807) is 13.2 Å². The Kier molecular flexibility index (Phi) is 10.5. The van der Waals surface area contributed by atoms with E-state index in [2.05, 4.69) is 39.8 Å². The lowest BCUT2D eigenvalue weighted by Gasteiger charge is -2.19. The predicted octanol–water partition coefficient (Wildman–Crippen LogP) is 8.89. The number of rotatable bonds is 10. The molecule has 0 saturated heterocycles. The van der Waals surface area contributed by atoms with Crippen LogP contribution in [-0.2, 0) is 4.74 Å². The summed E-state index contributed by atoms with van der Waals surface area (Å²) < 4.78 is 10.9. The van der Waals surface area contributed by atoms with Crippen LogP contribution in [0.15, 0.2) is 95.0 Å². The van der Waals surface area contributed by atoms with Crippen LogP contribution in [0.25, 0.3) is 11.0 Å². The Morgan fingerprint density at radius 2 is 1.65 bits per heavy atom. The van der Waals surface area contributed by atoms with Gasteiger partial charge in [-0.1, -0.05) is 43.8 Å². The SMILES string of the molecule is COc1ccccc1C(C)NC(=O)c1ccc(Sc2ccc(NC(=O)OC(C)(C)C)cc2)c(Nc2ncnc3nc(C(C)C)ccc23)c1. The van der Waals surface area contributed by atoms with Gasteiger partial charge in [-0.3, -0.25) is 10.1 Å². The summed E-state index contributed by atoms with van der Waals surface area (Å²) in [4.78, 5) is 41.2. The summed E-state index contributed by atoms with van der Waals surface area (Å²) in [5.74, 6) is 1.29. The Balaban J connectivity index is 1.44. The second-order valence-electron chi connectivity index (χ2n) is 12.5. The lowest BCUT2D eigenvalue weighted by Crippen LogP contribution is -2.27. The minimum atomic E-state index is -0.597. The second-order valence-corrected chi connectivity index (χ2v) is 13.6. The molecule has 11 heteroatoms. The number of ether oxygens (including phenoxy) is 2. The number of para-hydroxylation sites is 1. The molecule has 0 spiro atoms. The molecule has 0 bridgehead atoms. The average Bonchev–Trinajstić information content (AvgIpc) is 3.05. The fraction of sp³-hybridized carbons (Fsp3) is 0.270. The number of methoxy groups -OCH3 is 1. The van der Waals surface area contributed by atoms with E-state index in [0.29, 0.717) is 34.2 Å². The van der Waals surface area contributed by atoms with Crippen LogP contribution in [0, 0.1) is 0 Å². The van der Waals surface area contributed by atoms with Gasteiger partial charge >= 0.3 is 6.09 Å². The van der Waals surface area contributed by atoms with Crippen molar-refractivity contribution in [3.05, 3.63) is 102 Å². The van der Waals surface area contributed by atoms with E-state index >= 15 is 0 Å². The van der Waals surface area contributed by atoms with Crippen molar-refractivity contribution in [1.29, 1.82) is 0 Å². The van der Waals surface area contributed by atoms with Gasteiger partial charge in [-0.15, -0.1) is 0 Å². The van der Waals surface area contributed by atoms with E-state index in [1.165, 1.54) is 18.1 Å². The van der Waals surface area contributed by atoms with E-state index in [-0.39, 0.29) is 17.9 Å². The molecule has 3 N–H and O–H groups in total. The molecule has 2 aromatic heterocycles. The van der Waals surface area contributed by atoms with Gasteiger partial charge in [0, 0.05) is 32.3 Å². The molecular weight excluding hydrogens is 625 g/mol. The number of aromatic nitrogens is 3. The van der Waals surface area contributed by atoms with Gasteiger partial charge in [-0.05, 0) is 94.3 Å². The molecule has 5 aromatic rings. The number of nitrogens with zero attached hydrogens (tertiary/aromatic N) is 3. The Bertz CT molecular complexity index is 1920. The summed E-state index contributed by atoms with van der Waals surface area (Å²) >= 11 is 1.51. The first-order valence-corrected chi connectivity index (χ1v) is 16.5. The summed E-state index contributed by atoms with van der Waals surface area (Å²) in [5, 5.41) is 10.1. The third-order valence-corrected chi connectivity index (χ3v) is 8.37. The Labute approximate surface area is 285 Å². The van der Waals surface area contributed by atoms with Crippen molar-refractivity contribution in [1.82, 2.24) is 20.3 Å². The van der Waals surface area contributed by atoms with Crippen LogP contribution >= 0.6 is 11.8 Å². The normalized spacial score (nSPS) is 12.0. The number of fused-ring (bicyclic) bond motifs is 1. The minimum absolute atomic E-state index is 0.235. The summed E-state index contributed by atoms with van der Waals surface area (Å²) in [6.07, 6.45) is 0.964. The van der Waals surface area contributed by atoms with Crippen molar-refractivity contribution in [3.63, 3.8) is 0 Å². The zero-order valence-electron chi connectivity index (χ0n) is 28.1. The number of carbonyl (C=O) groups is 2. The van der Waals surface area contributed by atoms with Crippen LogP contribution < -0.4 is 20.7 Å². The fourth-order valence-corrected chi connectivity index (χ4v) is 5.78. The second kappa shape index (κ2) is 14.7. The van der Waals surface area contributed by atoms with Crippen LogP contribution in [0.3, 0.4) is 0 Å². The first-order chi connectivity index (χ1) is 22.9. The molecule has 3 aromatic carbocycles. The Morgan fingerprint density at radius 3 is 2.35 bits per heavy atom. The molecule has 48 heavy (non-hydrogen) atoms. The standard InChI is InChI=1S/C37H40N6O4S/c1-22(2)29-18-17-28-33(42-29)38-21-39-34(28)43-30-20-24(35(44)40-23(3)27-10-8-9-11-31(27)46-7)12-19-32(30)48-26-15-13-25(14-16-26)41-36(45)47-37(4,5)6/h8-23H,1-7H3,(H,40,44)(H,41,45)(H,38,39,42,43). The Hall–Kier alpha value is -5.16. The van der Waals surface area contributed by atoms with Gasteiger partial charge in [0.25, 0.3) is 5.91 Å². The lowest BCUT2D eigenvalue weighted by atomic mass is 10.1. The number of anilines is 3. The van der Waals surface area contributed by atoms with E-state index < -0.39 is 11.7 Å². The van der Waals surface area contributed by atoms with E-state index in [4.69, 9.17) is 14.5 Å². The number of hydrogen-bond donors (Lipinski definition) is 3. The van der Waals surface area contributed by atoms with Gasteiger partial charge in [-0.2, -0.15) is 0 Å². The largest absolute Gasteiger partial charge is 0.496 e. The predicted molar refractivity (Wildman–Crippen MR) is 190 cm³/mol.